The maximum absolute atomic E-state index is 13.7. The molecule has 1 aliphatic heterocycles. The van der Waals surface area contributed by atoms with Crippen LogP contribution in [-0.4, -0.2) is 52.4 Å². The highest BCUT2D eigenvalue weighted by atomic mass is 35.5. The molecule has 2 amide bonds. The van der Waals surface area contributed by atoms with Crippen molar-refractivity contribution in [3.63, 3.8) is 0 Å². The first kappa shape index (κ1) is 23.0. The number of hydrogen-bond donors (Lipinski definition) is 1. The normalized spacial score (nSPS) is 27.4. The third-order valence-electron chi connectivity index (χ3n) is 5.46. The Balaban J connectivity index is 2.26. The number of halogens is 1. The van der Waals surface area contributed by atoms with Crippen LogP contribution in [-0.2, 0) is 24.5 Å². The Morgan fingerprint density at radius 1 is 1.39 bits per heavy atom. The van der Waals surface area contributed by atoms with Crippen molar-refractivity contribution in [2.24, 2.45) is 5.92 Å². The minimum atomic E-state index is -2.11. The predicted molar refractivity (Wildman–Crippen MR) is 108 cm³/mol. The topological polar surface area (TPSA) is 136 Å². The Bertz CT molecular complexity index is 959. The van der Waals surface area contributed by atoms with Gasteiger partial charge in [-0.05, 0) is 51.5 Å². The average molecular weight is 455 g/mol. The van der Waals surface area contributed by atoms with Gasteiger partial charge in [0.1, 0.15) is 16.9 Å². The number of nitro groups is 1. The van der Waals surface area contributed by atoms with Gasteiger partial charge in [0.15, 0.2) is 0 Å². The lowest BCUT2D eigenvalue weighted by atomic mass is 9.71. The van der Waals surface area contributed by atoms with Crippen LogP contribution in [0.2, 0.25) is 5.02 Å². The molecule has 1 aromatic rings. The van der Waals surface area contributed by atoms with E-state index >= 15 is 0 Å². The second-order valence-electron chi connectivity index (χ2n) is 8.49. The van der Waals surface area contributed by atoms with E-state index < -0.39 is 58.4 Å². The summed E-state index contributed by atoms with van der Waals surface area (Å²) in [5, 5.41) is 22.9. The summed E-state index contributed by atoms with van der Waals surface area (Å²) in [4.78, 5) is 51.2. The lowest BCUT2D eigenvalue weighted by molar-refractivity contribution is -0.527. The van der Waals surface area contributed by atoms with Crippen molar-refractivity contribution >= 4 is 35.3 Å². The number of anilines is 1. The zero-order valence-corrected chi connectivity index (χ0v) is 18.2. The molecule has 1 fully saturated rings. The van der Waals surface area contributed by atoms with E-state index in [2.05, 4.69) is 0 Å². The summed E-state index contributed by atoms with van der Waals surface area (Å²) >= 11 is 6.12. The summed E-state index contributed by atoms with van der Waals surface area (Å²) < 4.78 is 10.4. The van der Waals surface area contributed by atoms with Crippen LogP contribution < -0.4 is 4.90 Å². The first-order valence-electron chi connectivity index (χ1n) is 9.72. The van der Waals surface area contributed by atoms with Gasteiger partial charge in [0.2, 0.25) is 6.04 Å². The lowest BCUT2D eigenvalue weighted by Crippen LogP contribution is -2.55. The molecule has 1 aliphatic carbocycles. The van der Waals surface area contributed by atoms with Crippen LogP contribution in [0, 0.1) is 16.0 Å². The summed E-state index contributed by atoms with van der Waals surface area (Å²) in [7, 11) is 0. The predicted octanol–water partition coefficient (Wildman–Crippen LogP) is 2.45. The number of hydrogen-bond acceptors (Lipinski definition) is 8. The van der Waals surface area contributed by atoms with Gasteiger partial charge in [-0.25, -0.2) is 9.69 Å². The summed E-state index contributed by atoms with van der Waals surface area (Å²) in [6, 6.07) is 2.54. The highest BCUT2D eigenvalue weighted by Gasteiger charge is 2.73. The third-order valence-corrected chi connectivity index (χ3v) is 5.69. The molecular formula is C20H23ClN2O8. The average Bonchev–Trinajstić information content (AvgIpc) is 3.08. The van der Waals surface area contributed by atoms with E-state index in [1.165, 1.54) is 25.1 Å². The number of benzene rings is 1. The van der Waals surface area contributed by atoms with Crippen LogP contribution in [0.4, 0.5) is 10.5 Å². The van der Waals surface area contributed by atoms with E-state index in [1.54, 1.807) is 20.8 Å². The molecule has 4 unspecified atom stereocenters. The molecule has 10 nitrogen and oxygen atoms in total. The van der Waals surface area contributed by atoms with Crippen molar-refractivity contribution in [3.05, 3.63) is 38.9 Å². The van der Waals surface area contributed by atoms with Crippen LogP contribution >= 0.6 is 11.6 Å². The number of ether oxygens (including phenoxy) is 2. The molecule has 0 radical (unpaired) electrons. The fraction of sp³-hybridized carbons (Fsp3) is 0.550. The molecule has 0 aromatic heterocycles. The van der Waals surface area contributed by atoms with Crippen LogP contribution in [0.3, 0.4) is 0 Å². The number of aliphatic hydroxyl groups excluding tert-OH is 1. The zero-order valence-electron chi connectivity index (χ0n) is 17.5. The highest BCUT2D eigenvalue weighted by Crippen LogP contribution is 2.56. The molecule has 0 bridgehead atoms. The van der Waals surface area contributed by atoms with Gasteiger partial charge in [-0.1, -0.05) is 11.6 Å². The third kappa shape index (κ3) is 3.53. The molecule has 1 aromatic carbocycles. The van der Waals surface area contributed by atoms with Gasteiger partial charge in [-0.15, -0.1) is 0 Å². The molecule has 31 heavy (non-hydrogen) atoms. The van der Waals surface area contributed by atoms with Crippen molar-refractivity contribution in [2.75, 3.05) is 11.5 Å². The molecule has 2 aliphatic rings. The van der Waals surface area contributed by atoms with E-state index in [4.69, 9.17) is 21.1 Å². The number of rotatable bonds is 3. The first-order chi connectivity index (χ1) is 14.4. The van der Waals surface area contributed by atoms with Crippen molar-refractivity contribution < 1.29 is 33.9 Å². The smallest absolute Gasteiger partial charge is 0.421 e. The first-order valence-corrected chi connectivity index (χ1v) is 10.1. The van der Waals surface area contributed by atoms with Crippen LogP contribution in [0.1, 0.15) is 39.7 Å². The minimum Gasteiger partial charge on any atom is -0.466 e. The number of nitrogens with zero attached hydrogens (tertiary/aromatic N) is 2. The fourth-order valence-electron chi connectivity index (χ4n) is 4.40. The van der Waals surface area contributed by atoms with E-state index in [0.717, 1.165) is 0 Å². The summed E-state index contributed by atoms with van der Waals surface area (Å²) in [6.45, 7) is 6.26. The van der Waals surface area contributed by atoms with Crippen molar-refractivity contribution in [1.29, 1.82) is 0 Å². The van der Waals surface area contributed by atoms with E-state index in [1.807, 2.05) is 0 Å². The molecule has 3 rings (SSSR count). The van der Waals surface area contributed by atoms with Gasteiger partial charge in [-0.2, -0.15) is 0 Å². The Morgan fingerprint density at radius 2 is 2.03 bits per heavy atom. The molecule has 1 saturated carbocycles. The summed E-state index contributed by atoms with van der Waals surface area (Å²) in [5.74, 6) is -3.66. The maximum Gasteiger partial charge on any atom is 0.421 e. The van der Waals surface area contributed by atoms with Gasteiger partial charge < -0.3 is 14.6 Å². The number of esters is 1. The van der Waals surface area contributed by atoms with Crippen molar-refractivity contribution in [2.45, 2.75) is 57.3 Å². The van der Waals surface area contributed by atoms with Gasteiger partial charge in [0.25, 0.3) is 5.91 Å². The highest BCUT2D eigenvalue weighted by molar-refractivity contribution is 6.31. The van der Waals surface area contributed by atoms with E-state index in [0.29, 0.717) is 4.90 Å². The number of imide groups is 1. The number of fused-ring (bicyclic) bond motifs is 2. The second-order valence-corrected chi connectivity index (χ2v) is 8.92. The van der Waals surface area contributed by atoms with Gasteiger partial charge in [0, 0.05) is 16.4 Å². The molecule has 1 N–H and O–H groups in total. The Hall–Kier alpha value is -2.72. The molecule has 168 valence electrons. The molecule has 0 saturated heterocycles. The standard InChI is InChI=1S/C20H23ClN2O8/c1-5-30-16(25)15-13(23(28)29)9-14(24)20(15)11-8-10(21)6-7-12(11)22(17(20)26)18(27)31-19(2,3)4/h6-8,13-15,24H,5,9H2,1-4H3. The van der Waals surface area contributed by atoms with Gasteiger partial charge in [-0.3, -0.25) is 19.7 Å². The monoisotopic (exact) mass is 454 g/mol. The van der Waals surface area contributed by atoms with Gasteiger partial charge in [0.05, 0.1) is 18.4 Å². The number of aliphatic hydroxyl groups is 1. The van der Waals surface area contributed by atoms with Crippen LogP contribution in [0.15, 0.2) is 18.2 Å². The number of carbonyl (C=O) groups excluding carboxylic acids is 3. The lowest BCUT2D eigenvalue weighted by Gasteiger charge is -2.31. The molecule has 11 heteroatoms. The summed E-state index contributed by atoms with van der Waals surface area (Å²) in [5.41, 5.74) is -2.97. The van der Waals surface area contributed by atoms with Crippen molar-refractivity contribution in [3.8, 4) is 0 Å². The maximum atomic E-state index is 13.7. The molecule has 1 heterocycles. The minimum absolute atomic E-state index is 0.0426. The zero-order chi connectivity index (χ0) is 23.3. The Labute approximate surface area is 183 Å². The van der Waals surface area contributed by atoms with Crippen LogP contribution in [0.5, 0.6) is 0 Å². The van der Waals surface area contributed by atoms with E-state index in [9.17, 15) is 29.6 Å². The fourth-order valence-corrected chi connectivity index (χ4v) is 4.57. The van der Waals surface area contributed by atoms with Crippen LogP contribution in [0.25, 0.3) is 0 Å². The van der Waals surface area contributed by atoms with E-state index in [-0.39, 0.29) is 22.9 Å². The number of carbonyl (C=O) groups is 3. The summed E-state index contributed by atoms with van der Waals surface area (Å²) in [6.07, 6.45) is -3.14. The van der Waals surface area contributed by atoms with Gasteiger partial charge >= 0.3 is 12.1 Å². The Morgan fingerprint density at radius 3 is 2.58 bits per heavy atom. The quantitative estimate of drug-likeness (QED) is 0.417. The largest absolute Gasteiger partial charge is 0.466 e. The molecule has 4 atom stereocenters. The Kier molecular flexibility index (Phi) is 5.74. The molecule has 1 spiro atoms. The SMILES string of the molecule is CCOC(=O)C1C([N+](=O)[O-])CC(O)C12C(=O)N(C(=O)OC(C)(C)C)c1ccc(Cl)cc12. The number of amides is 2. The second kappa shape index (κ2) is 7.76. The van der Waals surface area contributed by atoms with Crippen molar-refractivity contribution in [1.82, 2.24) is 0 Å². The molecular weight excluding hydrogens is 432 g/mol.